The highest BCUT2D eigenvalue weighted by Crippen LogP contribution is 2.62. The van der Waals surface area contributed by atoms with Crippen LogP contribution in [-0.2, 0) is 62.0 Å². The Kier molecular flexibility index (Phi) is 15.5. The zero-order valence-electron chi connectivity index (χ0n) is 48.9. The number of hydrogen-bond donors (Lipinski definition) is 0. The van der Waals surface area contributed by atoms with Crippen LogP contribution in [0.5, 0.6) is 0 Å². The minimum absolute atomic E-state index is 0.00363. The van der Waals surface area contributed by atoms with Gasteiger partial charge in [-0.15, -0.1) is 0 Å². The number of fused-ring (bicyclic) bond motifs is 8. The van der Waals surface area contributed by atoms with Crippen molar-refractivity contribution in [3.63, 3.8) is 0 Å². The number of hydrogen-bond acceptors (Lipinski definition) is 11. The number of amides is 2. The van der Waals surface area contributed by atoms with E-state index in [9.17, 15) is 14.4 Å². The predicted molar refractivity (Wildman–Crippen MR) is 323 cm³/mol. The first-order valence-corrected chi connectivity index (χ1v) is 29.8. The van der Waals surface area contributed by atoms with Gasteiger partial charge in [0.2, 0.25) is 11.8 Å². The fraction of sp³-hybridized carbons (Fsp3) is 0.366. The quantitative estimate of drug-likeness (QED) is 0.0397. The van der Waals surface area contributed by atoms with E-state index >= 15 is 9.59 Å². The molecular weight excluding hydrogens is 1050 g/mol. The molecule has 4 saturated heterocycles. The Morgan fingerprint density at radius 3 is 1.71 bits per heavy atom. The lowest BCUT2D eigenvalue weighted by atomic mass is 9.67. The van der Waals surface area contributed by atoms with E-state index in [-0.39, 0.29) is 59.4 Å². The van der Waals surface area contributed by atoms with Gasteiger partial charge in [0.25, 0.3) is 0 Å². The summed E-state index contributed by atoms with van der Waals surface area (Å²) in [6.07, 6.45) is 6.99. The van der Waals surface area contributed by atoms with Gasteiger partial charge in [-0.2, -0.15) is 0 Å². The number of nitrogens with zero attached hydrogens (tertiary/aromatic N) is 4. The van der Waals surface area contributed by atoms with Crippen molar-refractivity contribution in [1.82, 2.24) is 9.80 Å². The number of anilines is 2. The highest BCUT2D eigenvalue weighted by atomic mass is 16.5. The number of carbonyl (C=O) groups excluding carboxylic acids is 5. The first kappa shape index (κ1) is 56.4. The van der Waals surface area contributed by atoms with Crippen molar-refractivity contribution < 1.29 is 42.9 Å². The summed E-state index contributed by atoms with van der Waals surface area (Å²) in [7, 11) is 5.92. The molecule has 2 spiro atoms. The number of piperidine rings is 2. The van der Waals surface area contributed by atoms with Crippen LogP contribution in [-0.4, -0.2) is 99.5 Å². The van der Waals surface area contributed by atoms with E-state index in [1.165, 1.54) is 26.7 Å². The third kappa shape index (κ3) is 9.17. The van der Waals surface area contributed by atoms with E-state index in [4.69, 9.17) is 18.9 Å². The fourth-order valence-electron chi connectivity index (χ4n) is 16.1. The standard InChI is InChI=1S/C71H74N4O9/c1-7-46-40-72-35-34-70(63(72)36-54(46)56(43-81-3)66(77)83-5)58-26-16-18-28-60(58)75(68(70)79)42-50-22-12-13-23-51(50)52-24-14-15-25-53(52)62-38-71(64-37-55(47(8-2)41-73(62)64)57(44-82-4)67(78)84-6)59-27-17-19-29-61(59)74(69(71)80)39-45-30-32-49(33-31-45)65(76)48-20-10-9-11-21-48/h9-33,43-44,46-47,54-55,62-64H,7-8,34-42H2,1-6H3/b56-43+,57-44+/t46-,47-,54-,55-,62?,63?,64?,70+,71+/m0/s1. The van der Waals surface area contributed by atoms with Crippen LogP contribution in [0, 0.1) is 23.7 Å². The third-order valence-corrected chi connectivity index (χ3v) is 20.0. The van der Waals surface area contributed by atoms with E-state index in [0.29, 0.717) is 67.6 Å². The lowest BCUT2D eigenvalue weighted by Gasteiger charge is -2.46. The molecular formula is C71H74N4O9. The molecule has 6 aliphatic heterocycles. The second-order valence-electron chi connectivity index (χ2n) is 23.7. The zero-order chi connectivity index (χ0) is 58.4. The molecule has 9 atom stereocenters. The van der Waals surface area contributed by atoms with Crippen LogP contribution in [0.3, 0.4) is 0 Å². The van der Waals surface area contributed by atoms with Crippen molar-refractivity contribution in [1.29, 1.82) is 0 Å². The van der Waals surface area contributed by atoms with Crippen LogP contribution < -0.4 is 9.80 Å². The van der Waals surface area contributed by atoms with Gasteiger partial charge in [0.1, 0.15) is 0 Å². The van der Waals surface area contributed by atoms with Gasteiger partial charge in [-0.1, -0.05) is 166 Å². The maximum absolute atomic E-state index is 16.3. The molecule has 6 aliphatic rings. The van der Waals surface area contributed by atoms with Crippen LogP contribution in [0.25, 0.3) is 11.1 Å². The minimum atomic E-state index is -1.02. The highest BCUT2D eigenvalue weighted by Gasteiger charge is 2.66. The van der Waals surface area contributed by atoms with E-state index in [1.807, 2.05) is 88.7 Å². The second kappa shape index (κ2) is 23.1. The van der Waals surface area contributed by atoms with Crippen LogP contribution in [0.2, 0.25) is 0 Å². The molecule has 0 radical (unpaired) electrons. The monoisotopic (exact) mass is 1130 g/mol. The molecule has 0 aliphatic carbocycles. The van der Waals surface area contributed by atoms with Crippen molar-refractivity contribution in [2.75, 3.05) is 57.9 Å². The normalized spacial score (nSPS) is 26.5. The molecule has 6 heterocycles. The van der Waals surface area contributed by atoms with Gasteiger partial charge in [-0.25, -0.2) is 9.59 Å². The van der Waals surface area contributed by atoms with E-state index < -0.39 is 22.8 Å². The number of para-hydroxylation sites is 2. The molecule has 0 N–H and O–H groups in total. The van der Waals surface area contributed by atoms with Gasteiger partial charge >= 0.3 is 11.9 Å². The van der Waals surface area contributed by atoms with Crippen molar-refractivity contribution in [3.8, 4) is 11.1 Å². The maximum Gasteiger partial charge on any atom is 0.337 e. The average molecular weight is 1130 g/mol. The van der Waals surface area contributed by atoms with Gasteiger partial charge < -0.3 is 28.7 Å². The van der Waals surface area contributed by atoms with Gasteiger partial charge in [0.05, 0.1) is 76.0 Å². The summed E-state index contributed by atoms with van der Waals surface area (Å²) in [5.74, 6) is -1.04. The Hall–Kier alpha value is -8.13. The number of ether oxygens (including phenoxy) is 4. The van der Waals surface area contributed by atoms with Crippen LogP contribution in [0.1, 0.15) is 102 Å². The van der Waals surface area contributed by atoms with Crippen LogP contribution >= 0.6 is 0 Å². The summed E-state index contributed by atoms with van der Waals surface area (Å²) in [5, 5.41) is 0. The summed E-state index contributed by atoms with van der Waals surface area (Å²) < 4.78 is 21.9. The number of rotatable bonds is 16. The average Bonchev–Trinajstić information content (AvgIpc) is 1.59. The number of methoxy groups -OCH3 is 4. The van der Waals surface area contributed by atoms with Crippen molar-refractivity contribution >= 4 is 40.9 Å². The van der Waals surface area contributed by atoms with Gasteiger partial charge in [-0.3, -0.25) is 24.2 Å². The molecule has 6 aromatic carbocycles. The Morgan fingerprint density at radius 1 is 0.560 bits per heavy atom. The number of benzene rings is 6. The number of carbonyl (C=O) groups is 5. The summed E-state index contributed by atoms with van der Waals surface area (Å²) in [6, 6.07) is 49.6. The molecule has 84 heavy (non-hydrogen) atoms. The Labute approximate surface area is 492 Å². The highest BCUT2D eigenvalue weighted by molar-refractivity contribution is 6.11. The molecule has 13 heteroatoms. The molecule has 12 rings (SSSR count). The van der Waals surface area contributed by atoms with E-state index in [0.717, 1.165) is 76.3 Å². The SMILES string of the molecule is CC[C@H]1CN2CC[C@]3(C(=O)N(Cc4ccccc4-c4ccccc4C4C[C@]5(C(=O)N(Cc6ccc(C(=O)c7ccccc7)cc6)c6ccccc65)C5C[C@H](/C(=C\OC)C(=O)OC)[C@@H](CC)CN45)c4ccccc43)C2C[C@@H]1/C(=C\OC)C(=O)OC. The molecule has 0 aromatic heterocycles. The second-order valence-corrected chi connectivity index (χ2v) is 23.7. The molecule has 432 valence electrons. The third-order valence-electron chi connectivity index (χ3n) is 20.0. The number of esters is 2. The molecule has 0 bridgehead atoms. The molecule has 0 saturated carbocycles. The number of ketones is 1. The Morgan fingerprint density at radius 2 is 1.08 bits per heavy atom. The molecule has 3 unspecified atom stereocenters. The maximum atomic E-state index is 16.3. The Balaban J connectivity index is 0.917. The molecule has 2 amide bonds. The lowest BCUT2D eigenvalue weighted by molar-refractivity contribution is -0.138. The Bertz CT molecular complexity index is 3580. The first-order valence-electron chi connectivity index (χ1n) is 29.8. The predicted octanol–water partition coefficient (Wildman–Crippen LogP) is 11.5. The molecule has 6 aromatic rings. The zero-order valence-corrected chi connectivity index (χ0v) is 48.9. The topological polar surface area (TPSA) is 135 Å². The summed E-state index contributed by atoms with van der Waals surface area (Å²) >= 11 is 0. The van der Waals surface area contributed by atoms with Crippen LogP contribution in [0.4, 0.5) is 11.4 Å². The van der Waals surface area contributed by atoms with Crippen molar-refractivity contribution in [2.24, 2.45) is 23.7 Å². The molecule has 13 nitrogen and oxygen atoms in total. The van der Waals surface area contributed by atoms with Gasteiger partial charge in [0, 0.05) is 53.7 Å². The summed E-state index contributed by atoms with van der Waals surface area (Å²) in [5.41, 5.74) is 9.08. The first-order chi connectivity index (χ1) is 40.9. The van der Waals surface area contributed by atoms with Gasteiger partial charge in [-0.05, 0) is 107 Å². The van der Waals surface area contributed by atoms with E-state index in [2.05, 4.69) is 96.4 Å². The lowest BCUT2D eigenvalue weighted by Crippen LogP contribution is -2.55. The smallest absolute Gasteiger partial charge is 0.337 e. The van der Waals surface area contributed by atoms with Crippen molar-refractivity contribution in [3.05, 3.63) is 214 Å². The van der Waals surface area contributed by atoms with E-state index in [1.54, 1.807) is 14.2 Å². The largest absolute Gasteiger partial charge is 0.504 e. The molecule has 4 fully saturated rings. The summed E-state index contributed by atoms with van der Waals surface area (Å²) in [4.78, 5) is 81.8. The summed E-state index contributed by atoms with van der Waals surface area (Å²) in [6.45, 7) is 7.11. The van der Waals surface area contributed by atoms with Gasteiger partial charge in [0.15, 0.2) is 5.78 Å². The minimum Gasteiger partial charge on any atom is -0.504 e. The van der Waals surface area contributed by atoms with Crippen LogP contribution in [0.15, 0.2) is 175 Å². The fourth-order valence-corrected chi connectivity index (χ4v) is 16.1. The van der Waals surface area contributed by atoms with Crippen molar-refractivity contribution in [2.45, 2.75) is 94.4 Å².